The van der Waals surface area contributed by atoms with Crippen LogP contribution >= 0.6 is 6.42 Å². The second-order valence-corrected chi connectivity index (χ2v) is 8.24. The van der Waals surface area contributed by atoms with Gasteiger partial charge in [0, 0.05) is 6.66 Å². The molecule has 80 valence electrons. The van der Waals surface area contributed by atoms with Crippen molar-refractivity contribution >= 4 is 18.2 Å². The van der Waals surface area contributed by atoms with Crippen molar-refractivity contribution in [3.8, 4) is 0 Å². The molecule has 0 rings (SSSR count). The lowest BCUT2D eigenvalue weighted by molar-refractivity contribution is 0.315. The van der Waals surface area contributed by atoms with E-state index in [1.165, 1.54) is 19.3 Å². The average Bonchev–Trinajstić information content (AvgIpc) is 2.03. The van der Waals surface area contributed by atoms with Gasteiger partial charge < -0.3 is 4.52 Å². The molecule has 0 spiro atoms. The summed E-state index contributed by atoms with van der Waals surface area (Å²) in [6, 6.07) is 0. The molecule has 0 saturated heterocycles. The predicted octanol–water partition coefficient (Wildman–Crippen LogP) is 3.08. The van der Waals surface area contributed by atoms with Crippen LogP contribution in [0.4, 0.5) is 0 Å². The fraction of sp³-hybridized carbons (Fsp3) is 1.00. The van der Waals surface area contributed by atoms with Gasteiger partial charge in [-0.3, -0.25) is 4.67 Å². The summed E-state index contributed by atoms with van der Waals surface area (Å²) >= 11 is 5.36. The molecule has 4 heteroatoms. The van der Waals surface area contributed by atoms with E-state index in [1.807, 2.05) is 25.4 Å². The third-order valence-corrected chi connectivity index (χ3v) is 5.47. The Kier molecular flexibility index (Phi) is 7.25. The number of hydrogen-bond donors (Lipinski definition) is 0. The Balaban J connectivity index is 3.47. The Hall–Kier alpha value is 0.570. The fourth-order valence-electron chi connectivity index (χ4n) is 0.878. The zero-order valence-corrected chi connectivity index (χ0v) is 11.0. The van der Waals surface area contributed by atoms with E-state index >= 15 is 0 Å². The van der Waals surface area contributed by atoms with Crippen LogP contribution in [0, 0.1) is 0 Å². The highest BCUT2D eigenvalue weighted by atomic mass is 32.4. The van der Waals surface area contributed by atoms with E-state index in [1.54, 1.807) is 0 Å². The molecule has 0 aliphatic rings. The normalized spacial score (nSPS) is 16.1. The molecule has 0 saturated carbocycles. The summed E-state index contributed by atoms with van der Waals surface area (Å²) in [5.41, 5.74) is 0. The lowest BCUT2D eigenvalue weighted by Gasteiger charge is -2.24. The lowest BCUT2D eigenvalue weighted by Crippen LogP contribution is -2.09. The summed E-state index contributed by atoms with van der Waals surface area (Å²) in [4.78, 5) is 0. The zero-order valence-electron chi connectivity index (χ0n) is 9.25. The molecule has 1 unspecified atom stereocenters. The molecule has 0 amide bonds. The Bertz CT molecular complexity index is 173. The Morgan fingerprint density at radius 3 is 2.31 bits per heavy atom. The van der Waals surface area contributed by atoms with Crippen LogP contribution in [0.1, 0.15) is 32.6 Å². The highest BCUT2D eigenvalue weighted by molar-refractivity contribution is 8.10. The Morgan fingerprint density at radius 2 is 1.85 bits per heavy atom. The fourth-order valence-corrected chi connectivity index (χ4v) is 1.80. The van der Waals surface area contributed by atoms with E-state index in [0.717, 1.165) is 13.0 Å². The number of nitrogens with zero attached hydrogens (tertiary/aromatic N) is 1. The highest BCUT2D eigenvalue weighted by Gasteiger charge is 2.12. The van der Waals surface area contributed by atoms with Gasteiger partial charge in [-0.25, -0.2) is 0 Å². The molecule has 0 heterocycles. The van der Waals surface area contributed by atoms with Crippen LogP contribution in [-0.4, -0.2) is 32.0 Å². The quantitative estimate of drug-likeness (QED) is 0.486. The summed E-state index contributed by atoms with van der Waals surface area (Å²) in [7, 11) is 3.99. The zero-order chi connectivity index (χ0) is 10.3. The van der Waals surface area contributed by atoms with Crippen LogP contribution in [0.3, 0.4) is 0 Å². The van der Waals surface area contributed by atoms with Crippen LogP contribution in [0.15, 0.2) is 0 Å². The topological polar surface area (TPSA) is 12.5 Å². The van der Waals surface area contributed by atoms with Crippen molar-refractivity contribution in [2.24, 2.45) is 0 Å². The first kappa shape index (κ1) is 13.6. The van der Waals surface area contributed by atoms with Crippen LogP contribution in [0.25, 0.3) is 0 Å². The van der Waals surface area contributed by atoms with E-state index in [-0.39, 0.29) is 0 Å². The third kappa shape index (κ3) is 6.62. The third-order valence-electron chi connectivity index (χ3n) is 2.06. The summed E-state index contributed by atoms with van der Waals surface area (Å²) in [6.45, 7) is 5.07. The molecule has 0 radical (unpaired) electrons. The van der Waals surface area contributed by atoms with Crippen LogP contribution in [0.5, 0.6) is 0 Å². The average molecular weight is 223 g/mol. The molecule has 0 aliphatic heterocycles. The van der Waals surface area contributed by atoms with Crippen molar-refractivity contribution in [1.82, 2.24) is 4.67 Å². The first-order valence-electron chi connectivity index (χ1n) is 4.90. The van der Waals surface area contributed by atoms with Gasteiger partial charge in [-0.15, -0.1) is 0 Å². The van der Waals surface area contributed by atoms with Crippen molar-refractivity contribution in [2.75, 3.05) is 27.4 Å². The predicted molar refractivity (Wildman–Crippen MR) is 64.0 cm³/mol. The summed E-state index contributed by atoms with van der Waals surface area (Å²) < 4.78 is 7.72. The molecule has 0 bridgehead atoms. The first-order valence-corrected chi connectivity index (χ1v) is 8.02. The van der Waals surface area contributed by atoms with Crippen molar-refractivity contribution in [1.29, 1.82) is 0 Å². The molecule has 2 nitrogen and oxygen atoms in total. The molecule has 0 aromatic rings. The maximum Gasteiger partial charge on any atom is 0.128 e. The summed E-state index contributed by atoms with van der Waals surface area (Å²) in [6.07, 6.45) is 3.34. The van der Waals surface area contributed by atoms with Gasteiger partial charge in [-0.2, -0.15) is 0 Å². The van der Waals surface area contributed by atoms with Gasteiger partial charge in [0.05, 0.1) is 6.61 Å². The Morgan fingerprint density at radius 1 is 1.23 bits per heavy atom. The molecular formula is C9H22NOPS. The number of hydrogen-bond acceptors (Lipinski definition) is 2. The summed E-state index contributed by atoms with van der Waals surface area (Å²) in [5, 5.41) is 0. The van der Waals surface area contributed by atoms with Crippen LogP contribution < -0.4 is 0 Å². The second-order valence-electron chi connectivity index (χ2n) is 3.54. The number of unbranched alkanes of at least 4 members (excludes halogenated alkanes) is 3. The van der Waals surface area contributed by atoms with Gasteiger partial charge >= 0.3 is 0 Å². The van der Waals surface area contributed by atoms with Crippen LogP contribution in [0.2, 0.25) is 0 Å². The minimum atomic E-state index is -1.65. The van der Waals surface area contributed by atoms with Crippen molar-refractivity contribution in [2.45, 2.75) is 32.6 Å². The van der Waals surface area contributed by atoms with Gasteiger partial charge in [0.15, 0.2) is 0 Å². The lowest BCUT2D eigenvalue weighted by atomic mass is 10.2. The highest BCUT2D eigenvalue weighted by Crippen LogP contribution is 2.44. The van der Waals surface area contributed by atoms with Crippen molar-refractivity contribution in [3.05, 3.63) is 0 Å². The molecule has 0 aromatic carbocycles. The van der Waals surface area contributed by atoms with Gasteiger partial charge in [-0.1, -0.05) is 38.0 Å². The smallest absolute Gasteiger partial charge is 0.128 e. The van der Waals surface area contributed by atoms with E-state index in [0.29, 0.717) is 0 Å². The number of rotatable bonds is 7. The second kappa shape index (κ2) is 6.94. The van der Waals surface area contributed by atoms with E-state index < -0.39 is 6.42 Å². The molecule has 0 fully saturated rings. The van der Waals surface area contributed by atoms with E-state index in [9.17, 15) is 0 Å². The Labute approximate surface area is 87.8 Å². The van der Waals surface area contributed by atoms with Crippen molar-refractivity contribution < 1.29 is 4.52 Å². The van der Waals surface area contributed by atoms with Crippen LogP contribution in [-0.2, 0) is 16.3 Å². The molecule has 1 atom stereocenters. The van der Waals surface area contributed by atoms with Gasteiger partial charge in [0.2, 0.25) is 0 Å². The largest absolute Gasteiger partial charge is 0.338 e. The molecule has 0 aliphatic carbocycles. The maximum absolute atomic E-state index is 5.69. The minimum Gasteiger partial charge on any atom is -0.338 e. The van der Waals surface area contributed by atoms with E-state index in [2.05, 4.69) is 6.92 Å². The van der Waals surface area contributed by atoms with Crippen molar-refractivity contribution in [3.63, 3.8) is 0 Å². The standard InChI is InChI=1S/C9H22NOPS/c1-5-6-7-8-9-11-12(4,13)10(2)3/h5-9H2,1-4H3. The first-order chi connectivity index (χ1) is 6.00. The maximum atomic E-state index is 5.69. The minimum absolute atomic E-state index is 0.825. The SMILES string of the molecule is CCCCCCOP(C)(=S)N(C)C. The molecule has 13 heavy (non-hydrogen) atoms. The van der Waals surface area contributed by atoms with Gasteiger partial charge in [0.25, 0.3) is 0 Å². The monoisotopic (exact) mass is 223 g/mol. The van der Waals surface area contributed by atoms with E-state index in [4.69, 9.17) is 16.3 Å². The molecular weight excluding hydrogens is 201 g/mol. The van der Waals surface area contributed by atoms with Gasteiger partial charge in [-0.05, 0) is 20.5 Å². The molecule has 0 aromatic heterocycles. The molecule has 0 N–H and O–H groups in total. The van der Waals surface area contributed by atoms with Gasteiger partial charge in [0.1, 0.15) is 6.42 Å². The summed E-state index contributed by atoms with van der Waals surface area (Å²) in [5.74, 6) is 0.